The maximum Gasteiger partial charge on any atom is 0.206 e. The highest BCUT2D eigenvalue weighted by molar-refractivity contribution is 7.91. The van der Waals surface area contributed by atoms with Gasteiger partial charge >= 0.3 is 0 Å². The van der Waals surface area contributed by atoms with Crippen LogP contribution in [0.2, 0.25) is 0 Å². The molecule has 0 amide bonds. The van der Waals surface area contributed by atoms with Gasteiger partial charge < -0.3 is 10.6 Å². The first kappa shape index (κ1) is 14.4. The summed E-state index contributed by atoms with van der Waals surface area (Å²) in [5.41, 5.74) is 1.79. The molecular formula is C15H18N2O2S. The van der Waals surface area contributed by atoms with Crippen molar-refractivity contribution in [3.05, 3.63) is 48.5 Å². The van der Waals surface area contributed by atoms with Gasteiger partial charge in [-0.3, -0.25) is 0 Å². The molecule has 0 radical (unpaired) electrons. The molecular weight excluding hydrogens is 272 g/mol. The van der Waals surface area contributed by atoms with Crippen molar-refractivity contribution in [2.24, 2.45) is 0 Å². The molecule has 0 unspecified atom stereocenters. The number of rotatable bonds is 5. The van der Waals surface area contributed by atoms with Gasteiger partial charge in [0.25, 0.3) is 0 Å². The number of sulfone groups is 1. The lowest BCUT2D eigenvalue weighted by atomic mass is 10.3. The lowest BCUT2D eigenvalue weighted by Gasteiger charge is -2.08. The molecule has 0 spiro atoms. The van der Waals surface area contributed by atoms with E-state index in [1.165, 1.54) is 0 Å². The van der Waals surface area contributed by atoms with Crippen molar-refractivity contribution in [3.8, 4) is 0 Å². The summed E-state index contributed by atoms with van der Waals surface area (Å²) in [5, 5.41) is 6.10. The molecule has 0 aliphatic carbocycles. The fraction of sp³-hybridized carbons (Fsp3) is 0.200. The van der Waals surface area contributed by atoms with E-state index < -0.39 is 9.84 Å². The van der Waals surface area contributed by atoms with Crippen molar-refractivity contribution in [2.75, 3.05) is 24.2 Å². The Morgan fingerprint density at radius 2 is 1.30 bits per heavy atom. The Morgan fingerprint density at radius 3 is 1.70 bits per heavy atom. The summed E-state index contributed by atoms with van der Waals surface area (Å²) >= 11 is 0. The van der Waals surface area contributed by atoms with Crippen LogP contribution in [-0.4, -0.2) is 22.0 Å². The highest BCUT2D eigenvalue weighted by atomic mass is 32.2. The Kier molecular flexibility index (Phi) is 4.29. The molecule has 0 heterocycles. The minimum Gasteiger partial charge on any atom is -0.388 e. The molecule has 0 saturated carbocycles. The van der Waals surface area contributed by atoms with Crippen LogP contribution >= 0.6 is 0 Å². The van der Waals surface area contributed by atoms with Gasteiger partial charge in [0.15, 0.2) is 0 Å². The first-order valence-corrected chi connectivity index (χ1v) is 7.93. The molecule has 0 bridgehead atoms. The summed E-state index contributed by atoms with van der Waals surface area (Å²) < 4.78 is 24.9. The minimum atomic E-state index is -3.45. The van der Waals surface area contributed by atoms with E-state index in [9.17, 15) is 8.42 Å². The van der Waals surface area contributed by atoms with E-state index in [2.05, 4.69) is 10.6 Å². The van der Waals surface area contributed by atoms with Gasteiger partial charge in [-0.25, -0.2) is 8.42 Å². The van der Waals surface area contributed by atoms with E-state index in [-0.39, 0.29) is 0 Å². The van der Waals surface area contributed by atoms with E-state index in [0.29, 0.717) is 9.79 Å². The summed E-state index contributed by atoms with van der Waals surface area (Å²) in [6, 6.07) is 13.5. The Labute approximate surface area is 119 Å². The van der Waals surface area contributed by atoms with E-state index in [1.54, 1.807) is 55.6 Å². The van der Waals surface area contributed by atoms with Crippen LogP contribution in [-0.2, 0) is 9.84 Å². The van der Waals surface area contributed by atoms with Crippen molar-refractivity contribution >= 4 is 21.2 Å². The molecule has 2 rings (SSSR count). The Hall–Kier alpha value is -2.01. The average molecular weight is 290 g/mol. The molecule has 0 aliphatic heterocycles. The first-order chi connectivity index (χ1) is 9.57. The van der Waals surface area contributed by atoms with Crippen LogP contribution < -0.4 is 10.6 Å². The fourth-order valence-corrected chi connectivity index (χ4v) is 3.15. The molecule has 0 fully saturated rings. The van der Waals surface area contributed by atoms with Crippen LogP contribution in [0.5, 0.6) is 0 Å². The van der Waals surface area contributed by atoms with Gasteiger partial charge in [0, 0.05) is 25.0 Å². The third-order valence-corrected chi connectivity index (χ3v) is 4.78. The van der Waals surface area contributed by atoms with E-state index >= 15 is 0 Å². The van der Waals surface area contributed by atoms with Crippen molar-refractivity contribution in [1.29, 1.82) is 0 Å². The molecule has 0 aliphatic rings. The van der Waals surface area contributed by atoms with Crippen LogP contribution in [0.1, 0.15) is 6.92 Å². The van der Waals surface area contributed by atoms with E-state index in [1.807, 2.05) is 6.92 Å². The first-order valence-electron chi connectivity index (χ1n) is 6.44. The summed E-state index contributed by atoms with van der Waals surface area (Å²) in [7, 11) is -1.66. The maximum atomic E-state index is 12.5. The van der Waals surface area contributed by atoms with Crippen LogP contribution in [0.4, 0.5) is 11.4 Å². The van der Waals surface area contributed by atoms with Gasteiger partial charge in [-0.2, -0.15) is 0 Å². The standard InChI is InChI=1S/C15H18N2O2S/c1-3-17-13-6-10-15(11-7-13)20(18,19)14-8-4-12(16-2)5-9-14/h4-11,16-17H,3H2,1-2H3. The van der Waals surface area contributed by atoms with Gasteiger partial charge in [-0.15, -0.1) is 0 Å². The van der Waals surface area contributed by atoms with Gasteiger partial charge in [-0.1, -0.05) is 0 Å². The smallest absolute Gasteiger partial charge is 0.206 e. The fourth-order valence-electron chi connectivity index (χ4n) is 1.89. The Balaban J connectivity index is 2.33. The largest absolute Gasteiger partial charge is 0.388 e. The number of benzene rings is 2. The second-order valence-electron chi connectivity index (χ2n) is 4.33. The van der Waals surface area contributed by atoms with Gasteiger partial charge in [0.1, 0.15) is 0 Å². The number of anilines is 2. The van der Waals surface area contributed by atoms with Crippen LogP contribution in [0.25, 0.3) is 0 Å². The molecule has 0 aromatic heterocycles. The molecule has 5 heteroatoms. The third-order valence-electron chi connectivity index (χ3n) is 3.00. The molecule has 20 heavy (non-hydrogen) atoms. The van der Waals surface area contributed by atoms with E-state index in [0.717, 1.165) is 17.9 Å². The lowest BCUT2D eigenvalue weighted by molar-refractivity contribution is 0.596. The van der Waals surface area contributed by atoms with Gasteiger partial charge in [-0.05, 0) is 55.5 Å². The predicted octanol–water partition coefficient (Wildman–Crippen LogP) is 2.99. The monoisotopic (exact) mass is 290 g/mol. The maximum absolute atomic E-state index is 12.5. The van der Waals surface area contributed by atoms with Crippen LogP contribution in [0, 0.1) is 0 Å². The number of hydrogen-bond donors (Lipinski definition) is 2. The lowest BCUT2D eigenvalue weighted by Crippen LogP contribution is -2.03. The second kappa shape index (κ2) is 5.96. The zero-order chi connectivity index (χ0) is 14.6. The van der Waals surface area contributed by atoms with Crippen LogP contribution in [0.3, 0.4) is 0 Å². The molecule has 2 aromatic rings. The number of nitrogens with one attached hydrogen (secondary N) is 2. The summed E-state index contributed by atoms with van der Waals surface area (Å²) in [4.78, 5) is 0.601. The van der Waals surface area contributed by atoms with E-state index in [4.69, 9.17) is 0 Å². The van der Waals surface area contributed by atoms with Crippen molar-refractivity contribution in [2.45, 2.75) is 16.7 Å². The molecule has 2 aromatic carbocycles. The Morgan fingerprint density at radius 1 is 0.850 bits per heavy atom. The summed E-state index contributed by atoms with van der Waals surface area (Å²) in [6.45, 7) is 2.80. The van der Waals surface area contributed by atoms with Crippen molar-refractivity contribution in [3.63, 3.8) is 0 Å². The zero-order valence-corrected chi connectivity index (χ0v) is 12.4. The predicted molar refractivity (Wildman–Crippen MR) is 82.0 cm³/mol. The van der Waals surface area contributed by atoms with Gasteiger partial charge in [0.2, 0.25) is 9.84 Å². The highest BCUT2D eigenvalue weighted by Crippen LogP contribution is 2.23. The molecule has 4 nitrogen and oxygen atoms in total. The Bertz CT molecular complexity index is 662. The quantitative estimate of drug-likeness (QED) is 0.889. The second-order valence-corrected chi connectivity index (χ2v) is 6.28. The SMILES string of the molecule is CCNc1ccc(S(=O)(=O)c2ccc(NC)cc2)cc1. The average Bonchev–Trinajstić information content (AvgIpc) is 2.48. The zero-order valence-electron chi connectivity index (χ0n) is 11.6. The normalized spacial score (nSPS) is 11.1. The number of hydrogen-bond acceptors (Lipinski definition) is 4. The minimum absolute atomic E-state index is 0.299. The van der Waals surface area contributed by atoms with Crippen molar-refractivity contribution < 1.29 is 8.42 Å². The molecule has 106 valence electrons. The highest BCUT2D eigenvalue weighted by Gasteiger charge is 2.17. The topological polar surface area (TPSA) is 58.2 Å². The summed E-state index contributed by atoms with van der Waals surface area (Å²) in [6.07, 6.45) is 0. The third kappa shape index (κ3) is 2.93. The summed E-state index contributed by atoms with van der Waals surface area (Å²) in [5.74, 6) is 0. The molecule has 0 saturated heterocycles. The van der Waals surface area contributed by atoms with Crippen LogP contribution in [0.15, 0.2) is 58.3 Å². The van der Waals surface area contributed by atoms with Gasteiger partial charge in [0.05, 0.1) is 9.79 Å². The molecule has 2 N–H and O–H groups in total. The van der Waals surface area contributed by atoms with Crippen molar-refractivity contribution in [1.82, 2.24) is 0 Å². The molecule has 0 atom stereocenters.